The van der Waals surface area contributed by atoms with Gasteiger partial charge in [-0.15, -0.1) is 16.4 Å². The number of amides is 1. The van der Waals surface area contributed by atoms with Gasteiger partial charge in [-0.2, -0.15) is 13.2 Å². The predicted molar refractivity (Wildman–Crippen MR) is 102 cm³/mol. The minimum Gasteiger partial charge on any atom is -0.296 e. The Morgan fingerprint density at radius 1 is 1.07 bits per heavy atom. The number of fused-ring (bicyclic) bond motifs is 1. The summed E-state index contributed by atoms with van der Waals surface area (Å²) < 4.78 is 54.7. The topological polar surface area (TPSA) is 72.7 Å². The Morgan fingerprint density at radius 3 is 2.47 bits per heavy atom. The first-order valence-electron chi connectivity index (χ1n) is 9.41. The summed E-state index contributed by atoms with van der Waals surface area (Å²) in [6.45, 7) is 0. The second-order valence-corrected chi connectivity index (χ2v) is 8.01. The first kappa shape index (κ1) is 20.5. The molecule has 1 aliphatic carbocycles. The Morgan fingerprint density at radius 2 is 1.77 bits per heavy atom. The predicted octanol–water partition coefficient (Wildman–Crippen LogP) is 4.79. The van der Waals surface area contributed by atoms with E-state index in [9.17, 15) is 22.4 Å². The highest BCUT2D eigenvalue weighted by Crippen LogP contribution is 2.34. The average Bonchev–Trinajstić information content (AvgIpc) is 3.27. The van der Waals surface area contributed by atoms with Crippen LogP contribution in [0, 0.1) is 5.82 Å². The quantitative estimate of drug-likeness (QED) is 0.596. The molecule has 0 aliphatic heterocycles. The van der Waals surface area contributed by atoms with Crippen molar-refractivity contribution in [1.29, 1.82) is 0 Å². The fourth-order valence-electron chi connectivity index (χ4n) is 3.37. The van der Waals surface area contributed by atoms with E-state index in [2.05, 4.69) is 20.6 Å². The van der Waals surface area contributed by atoms with Crippen molar-refractivity contribution in [3.05, 3.63) is 52.0 Å². The molecule has 0 fully saturated rings. The van der Waals surface area contributed by atoms with Gasteiger partial charge in [0.2, 0.25) is 0 Å². The lowest BCUT2D eigenvalue weighted by Gasteiger charge is -2.10. The van der Waals surface area contributed by atoms with E-state index in [1.54, 1.807) is 0 Å². The third kappa shape index (κ3) is 4.20. The molecule has 1 N–H and O–H groups in total. The summed E-state index contributed by atoms with van der Waals surface area (Å²) in [5.41, 5.74) is -1.37. The van der Waals surface area contributed by atoms with Crippen molar-refractivity contribution in [3.63, 3.8) is 0 Å². The summed E-state index contributed by atoms with van der Waals surface area (Å²) >= 11 is 1.28. The van der Waals surface area contributed by atoms with Gasteiger partial charge in [0.05, 0.1) is 11.4 Å². The molecule has 0 radical (unpaired) electrons. The lowest BCUT2D eigenvalue weighted by Crippen LogP contribution is -2.21. The van der Waals surface area contributed by atoms with E-state index < -0.39 is 29.3 Å². The lowest BCUT2D eigenvalue weighted by atomic mass is 10.0. The highest BCUT2D eigenvalue weighted by molar-refractivity contribution is 7.15. The van der Waals surface area contributed by atoms with Gasteiger partial charge in [0.15, 0.2) is 16.5 Å². The molecule has 0 saturated heterocycles. The van der Waals surface area contributed by atoms with Crippen LogP contribution in [0.15, 0.2) is 24.3 Å². The normalized spacial score (nSPS) is 14.7. The molecule has 158 valence electrons. The summed E-state index contributed by atoms with van der Waals surface area (Å²) in [5, 5.41) is 9.62. The van der Waals surface area contributed by atoms with Crippen LogP contribution in [0.3, 0.4) is 0 Å². The molecular weight excluding hydrogens is 422 g/mol. The Balaban J connectivity index is 1.64. The van der Waals surface area contributed by atoms with Gasteiger partial charge in [0, 0.05) is 4.88 Å². The zero-order valence-corrected chi connectivity index (χ0v) is 16.5. The number of hydrogen-bond acceptors (Lipinski definition) is 5. The number of benzene rings is 1. The third-order valence-electron chi connectivity index (χ3n) is 4.79. The van der Waals surface area contributed by atoms with Crippen LogP contribution < -0.4 is 5.32 Å². The summed E-state index contributed by atoms with van der Waals surface area (Å²) in [5.74, 6) is -1.65. The second-order valence-electron chi connectivity index (χ2n) is 6.93. The molecule has 0 unspecified atom stereocenters. The van der Waals surface area contributed by atoms with Crippen LogP contribution in [0.25, 0.3) is 5.69 Å². The van der Waals surface area contributed by atoms with Crippen molar-refractivity contribution >= 4 is 22.4 Å². The fourth-order valence-corrected chi connectivity index (χ4v) is 4.41. The molecule has 2 aromatic heterocycles. The van der Waals surface area contributed by atoms with E-state index >= 15 is 0 Å². The molecule has 0 saturated carbocycles. The van der Waals surface area contributed by atoms with Gasteiger partial charge in [-0.1, -0.05) is 18.1 Å². The summed E-state index contributed by atoms with van der Waals surface area (Å²) in [6, 6.07) is 4.26. The van der Waals surface area contributed by atoms with Crippen molar-refractivity contribution in [2.24, 2.45) is 0 Å². The first-order chi connectivity index (χ1) is 14.3. The number of carbonyl (C=O) groups excluding carboxylic acids is 1. The Hall–Kier alpha value is -2.82. The van der Waals surface area contributed by atoms with E-state index in [0.29, 0.717) is 4.68 Å². The zero-order valence-electron chi connectivity index (χ0n) is 15.7. The highest BCUT2D eigenvalue weighted by atomic mass is 32.1. The number of thiazole rings is 1. The van der Waals surface area contributed by atoms with Crippen LogP contribution in [0.5, 0.6) is 0 Å². The lowest BCUT2D eigenvalue weighted by molar-refractivity contribution is -0.143. The third-order valence-corrected chi connectivity index (χ3v) is 5.86. The Kier molecular flexibility index (Phi) is 5.54. The second kappa shape index (κ2) is 8.13. The maximum absolute atomic E-state index is 13.7. The summed E-state index contributed by atoms with van der Waals surface area (Å²) in [7, 11) is 0. The SMILES string of the molecule is O=C(Nc1nc2c(s1)CCCCCC2)c1nnn(-c2ccc(F)cc2)c1C(F)(F)F. The maximum atomic E-state index is 13.7. The van der Waals surface area contributed by atoms with Crippen molar-refractivity contribution in [1.82, 2.24) is 20.0 Å². The Labute approximate surface area is 172 Å². The number of nitrogens with zero attached hydrogens (tertiary/aromatic N) is 4. The molecule has 0 bridgehead atoms. The van der Waals surface area contributed by atoms with Gasteiger partial charge in [-0.25, -0.2) is 14.1 Å². The first-order valence-corrected chi connectivity index (χ1v) is 10.2. The van der Waals surface area contributed by atoms with Crippen LogP contribution in [0.4, 0.5) is 22.7 Å². The molecule has 2 heterocycles. The molecule has 30 heavy (non-hydrogen) atoms. The number of nitrogens with one attached hydrogen (secondary N) is 1. The number of aryl methyl sites for hydroxylation is 2. The number of halogens is 4. The van der Waals surface area contributed by atoms with Gasteiger partial charge < -0.3 is 0 Å². The van der Waals surface area contributed by atoms with E-state index in [0.717, 1.165) is 73.4 Å². The highest BCUT2D eigenvalue weighted by Gasteiger charge is 2.42. The summed E-state index contributed by atoms with van der Waals surface area (Å²) in [6.07, 6.45) is 0.984. The fraction of sp³-hybridized carbons (Fsp3) is 0.368. The molecule has 3 aromatic rings. The van der Waals surface area contributed by atoms with Gasteiger partial charge in [0.25, 0.3) is 5.91 Å². The monoisotopic (exact) mass is 439 g/mol. The van der Waals surface area contributed by atoms with Crippen molar-refractivity contribution < 1.29 is 22.4 Å². The molecular formula is C19H17F4N5OS. The Bertz CT molecular complexity index is 1030. The maximum Gasteiger partial charge on any atom is 0.435 e. The molecule has 4 rings (SSSR count). The average molecular weight is 439 g/mol. The number of aromatic nitrogens is 4. The number of alkyl halides is 3. The molecule has 0 atom stereocenters. The van der Waals surface area contributed by atoms with Crippen molar-refractivity contribution in [3.8, 4) is 5.69 Å². The van der Waals surface area contributed by atoms with Crippen LogP contribution >= 0.6 is 11.3 Å². The van der Waals surface area contributed by atoms with Crippen molar-refractivity contribution in [2.45, 2.75) is 44.7 Å². The molecule has 1 aliphatic rings. The number of anilines is 1. The van der Waals surface area contributed by atoms with E-state index in [4.69, 9.17) is 0 Å². The zero-order chi connectivity index (χ0) is 21.3. The number of hydrogen-bond donors (Lipinski definition) is 1. The number of rotatable bonds is 3. The van der Waals surface area contributed by atoms with Gasteiger partial charge in [-0.3, -0.25) is 10.1 Å². The minimum atomic E-state index is -4.90. The molecule has 1 aromatic carbocycles. The molecule has 6 nitrogen and oxygen atoms in total. The van der Waals surface area contributed by atoms with Gasteiger partial charge in [0.1, 0.15) is 5.82 Å². The van der Waals surface area contributed by atoms with E-state index in [-0.39, 0.29) is 10.8 Å². The smallest absolute Gasteiger partial charge is 0.296 e. The van der Waals surface area contributed by atoms with Crippen LogP contribution in [-0.2, 0) is 19.0 Å². The summed E-state index contributed by atoms with van der Waals surface area (Å²) in [4.78, 5) is 18.1. The van der Waals surface area contributed by atoms with Crippen LogP contribution in [0.2, 0.25) is 0 Å². The van der Waals surface area contributed by atoms with Gasteiger partial charge >= 0.3 is 6.18 Å². The van der Waals surface area contributed by atoms with Crippen LogP contribution in [0.1, 0.15) is 52.4 Å². The van der Waals surface area contributed by atoms with Crippen molar-refractivity contribution in [2.75, 3.05) is 5.32 Å². The van der Waals surface area contributed by atoms with E-state index in [1.165, 1.54) is 11.3 Å². The largest absolute Gasteiger partial charge is 0.435 e. The van der Waals surface area contributed by atoms with E-state index in [1.807, 2.05) is 0 Å². The van der Waals surface area contributed by atoms with Crippen LogP contribution in [-0.4, -0.2) is 25.9 Å². The van der Waals surface area contributed by atoms with Gasteiger partial charge in [-0.05, 0) is 49.9 Å². The molecule has 0 spiro atoms. The molecule has 1 amide bonds. The number of carbonyl (C=O) groups is 1. The molecule has 11 heteroatoms. The minimum absolute atomic E-state index is 0.0625. The standard InChI is InChI=1S/C19H17F4N5OS/c20-11-7-9-12(10-8-11)28-16(19(21,22)23)15(26-27-28)17(29)25-18-24-13-5-3-1-2-4-6-14(13)30-18/h7-10H,1-6H2,(H,24,25,29).